The summed E-state index contributed by atoms with van der Waals surface area (Å²) in [5, 5.41) is 0. The predicted octanol–water partition coefficient (Wildman–Crippen LogP) is 9.21. The molecule has 3 rings (SSSR count). The lowest BCUT2D eigenvalue weighted by Crippen LogP contribution is -2.54. The lowest BCUT2D eigenvalue weighted by molar-refractivity contribution is -0.149. The van der Waals surface area contributed by atoms with E-state index in [0.717, 1.165) is 23.7 Å². The van der Waals surface area contributed by atoms with E-state index < -0.39 is 0 Å². The fraction of sp³-hybridized carbons (Fsp3) is 0.933. The largest absolute Gasteiger partial charge is 0.381 e. The van der Waals surface area contributed by atoms with E-state index in [-0.39, 0.29) is 0 Å². The van der Waals surface area contributed by atoms with Gasteiger partial charge in [0.2, 0.25) is 0 Å². The molecule has 0 heterocycles. The molecule has 0 spiro atoms. The van der Waals surface area contributed by atoms with Crippen LogP contribution in [0.2, 0.25) is 0 Å². The lowest BCUT2D eigenvalue weighted by atomic mass is 9.47. The van der Waals surface area contributed by atoms with Gasteiger partial charge in [0.25, 0.3) is 0 Å². The van der Waals surface area contributed by atoms with Gasteiger partial charge in [-0.25, -0.2) is 0 Å². The maximum atomic E-state index is 5.98. The van der Waals surface area contributed by atoms with Crippen LogP contribution in [0.1, 0.15) is 126 Å². The molecule has 3 saturated carbocycles. The summed E-state index contributed by atoms with van der Waals surface area (Å²) >= 11 is 0. The minimum atomic E-state index is 0.319. The monoisotopic (exact) mass is 430 g/mol. The fourth-order valence-electron chi connectivity index (χ4n) is 8.93. The maximum Gasteiger partial charge on any atom is 0.0625 e. The van der Waals surface area contributed by atoms with Gasteiger partial charge in [-0.15, -0.1) is 0 Å². The van der Waals surface area contributed by atoms with Crippen LogP contribution >= 0.6 is 0 Å². The van der Waals surface area contributed by atoms with E-state index in [1.54, 1.807) is 0 Å². The number of methoxy groups -OCH3 is 1. The quantitative estimate of drug-likeness (QED) is 0.349. The summed E-state index contributed by atoms with van der Waals surface area (Å²) in [5.41, 5.74) is 2.90. The molecule has 0 amide bonds. The van der Waals surface area contributed by atoms with Crippen LogP contribution < -0.4 is 0 Å². The van der Waals surface area contributed by atoms with Gasteiger partial charge in [-0.1, -0.05) is 59.1 Å². The smallest absolute Gasteiger partial charge is 0.0625 e. The van der Waals surface area contributed by atoms with Crippen LogP contribution in [0.25, 0.3) is 0 Å². The molecule has 0 aromatic heterocycles. The molecule has 7 atom stereocenters. The summed E-state index contributed by atoms with van der Waals surface area (Å²) in [6.45, 7) is 17.4. The van der Waals surface area contributed by atoms with Gasteiger partial charge in [0.15, 0.2) is 0 Å². The standard InChI is InChI=1S/C30H54O/c1-22(2)12-9-13-23(3)25-15-11-19-29(25,6)20-17-24-14-10-16-26-28(4,5)27(31-8)18-21-30(24,26)7/h12,23-27H,9-11,13-21H2,1-8H3/t23-,24?,25?,26?,27?,29?,30?/m1/s1. The van der Waals surface area contributed by atoms with Crippen LogP contribution in [-0.4, -0.2) is 13.2 Å². The molecule has 180 valence electrons. The number of fused-ring (bicyclic) bond motifs is 1. The second-order valence-corrected chi connectivity index (χ2v) is 13.3. The third-order valence-corrected chi connectivity index (χ3v) is 10.8. The van der Waals surface area contributed by atoms with Crippen LogP contribution in [0.3, 0.4) is 0 Å². The van der Waals surface area contributed by atoms with Gasteiger partial charge >= 0.3 is 0 Å². The van der Waals surface area contributed by atoms with Gasteiger partial charge in [0, 0.05) is 7.11 Å². The zero-order chi connectivity index (χ0) is 22.9. The Morgan fingerprint density at radius 2 is 1.74 bits per heavy atom. The van der Waals surface area contributed by atoms with Crippen molar-refractivity contribution >= 4 is 0 Å². The van der Waals surface area contributed by atoms with Crippen molar-refractivity contribution in [2.75, 3.05) is 7.11 Å². The highest BCUT2D eigenvalue weighted by atomic mass is 16.5. The molecule has 0 N–H and O–H groups in total. The van der Waals surface area contributed by atoms with E-state index in [1.165, 1.54) is 82.6 Å². The third kappa shape index (κ3) is 5.12. The lowest BCUT2D eigenvalue weighted by Gasteiger charge is -2.60. The SMILES string of the molecule is COC1CCC2(C)C(CCC3(C)CCCC3[C@H](C)CCC=C(C)C)CCCC2C1(C)C. The molecule has 31 heavy (non-hydrogen) atoms. The average molecular weight is 431 g/mol. The van der Waals surface area contributed by atoms with Crippen molar-refractivity contribution in [1.82, 2.24) is 0 Å². The Kier molecular flexibility index (Phi) is 8.09. The third-order valence-electron chi connectivity index (χ3n) is 10.8. The van der Waals surface area contributed by atoms with Gasteiger partial charge < -0.3 is 4.74 Å². The van der Waals surface area contributed by atoms with E-state index in [1.807, 2.05) is 7.11 Å². The van der Waals surface area contributed by atoms with E-state index in [0.29, 0.717) is 22.3 Å². The molecule has 1 nitrogen and oxygen atoms in total. The van der Waals surface area contributed by atoms with Gasteiger partial charge in [-0.3, -0.25) is 0 Å². The molecule has 0 bridgehead atoms. The predicted molar refractivity (Wildman–Crippen MR) is 135 cm³/mol. The molecule has 1 heteroatoms. The van der Waals surface area contributed by atoms with Crippen LogP contribution in [0, 0.1) is 39.9 Å². The highest BCUT2D eigenvalue weighted by Crippen LogP contribution is 2.62. The van der Waals surface area contributed by atoms with Gasteiger partial charge in [0.05, 0.1) is 6.10 Å². The Morgan fingerprint density at radius 1 is 1.00 bits per heavy atom. The number of allylic oxidation sites excluding steroid dienone is 2. The van der Waals surface area contributed by atoms with Crippen molar-refractivity contribution in [2.45, 2.75) is 132 Å². The van der Waals surface area contributed by atoms with E-state index in [4.69, 9.17) is 4.74 Å². The Labute approximate surface area is 195 Å². The average Bonchev–Trinajstić information content (AvgIpc) is 3.08. The van der Waals surface area contributed by atoms with Crippen LogP contribution in [0.15, 0.2) is 11.6 Å². The second kappa shape index (κ2) is 9.90. The summed E-state index contributed by atoms with van der Waals surface area (Å²) in [4.78, 5) is 0. The number of hydrogen-bond acceptors (Lipinski definition) is 1. The van der Waals surface area contributed by atoms with E-state index in [9.17, 15) is 0 Å². The van der Waals surface area contributed by atoms with Crippen LogP contribution in [0.5, 0.6) is 0 Å². The first-order valence-corrected chi connectivity index (χ1v) is 13.7. The van der Waals surface area contributed by atoms with Gasteiger partial charge in [-0.2, -0.15) is 0 Å². The van der Waals surface area contributed by atoms with E-state index in [2.05, 4.69) is 54.5 Å². The first-order valence-electron chi connectivity index (χ1n) is 13.7. The number of hydrogen-bond donors (Lipinski definition) is 0. The summed E-state index contributed by atoms with van der Waals surface area (Å²) in [7, 11) is 1.94. The van der Waals surface area contributed by atoms with Crippen LogP contribution in [-0.2, 0) is 4.74 Å². The molecule has 0 aromatic carbocycles. The Hall–Kier alpha value is -0.300. The first kappa shape index (κ1) is 25.3. The molecule has 3 aliphatic carbocycles. The zero-order valence-corrected chi connectivity index (χ0v) is 22.4. The number of rotatable bonds is 8. The summed E-state index contributed by atoms with van der Waals surface area (Å²) < 4.78 is 5.98. The molecule has 3 fully saturated rings. The van der Waals surface area contributed by atoms with Crippen molar-refractivity contribution in [2.24, 2.45) is 39.9 Å². The van der Waals surface area contributed by atoms with Crippen molar-refractivity contribution in [3.63, 3.8) is 0 Å². The molecule has 0 radical (unpaired) electrons. The topological polar surface area (TPSA) is 9.23 Å². The highest BCUT2D eigenvalue weighted by Gasteiger charge is 2.55. The first-order chi connectivity index (χ1) is 14.5. The minimum absolute atomic E-state index is 0.319. The normalized spacial score (nSPS) is 40.9. The molecular weight excluding hydrogens is 376 g/mol. The molecule has 0 aromatic rings. The molecule has 3 aliphatic rings. The summed E-state index contributed by atoms with van der Waals surface area (Å²) in [6.07, 6.45) is 19.8. The molecule has 0 aliphatic heterocycles. The van der Waals surface area contributed by atoms with Crippen molar-refractivity contribution in [3.05, 3.63) is 11.6 Å². The fourth-order valence-corrected chi connectivity index (χ4v) is 8.93. The maximum absolute atomic E-state index is 5.98. The minimum Gasteiger partial charge on any atom is -0.381 e. The summed E-state index contributed by atoms with van der Waals surface area (Å²) in [5.74, 6) is 3.55. The highest BCUT2D eigenvalue weighted by molar-refractivity contribution is 5.05. The van der Waals surface area contributed by atoms with Gasteiger partial charge in [0.1, 0.15) is 0 Å². The van der Waals surface area contributed by atoms with E-state index >= 15 is 0 Å². The van der Waals surface area contributed by atoms with Gasteiger partial charge in [-0.05, 0) is 118 Å². The molecule has 6 unspecified atom stereocenters. The van der Waals surface area contributed by atoms with Crippen molar-refractivity contribution < 1.29 is 4.74 Å². The molecular formula is C30H54O. The van der Waals surface area contributed by atoms with Crippen LogP contribution in [0.4, 0.5) is 0 Å². The van der Waals surface area contributed by atoms with Crippen molar-refractivity contribution in [3.8, 4) is 0 Å². The number of ether oxygens (including phenoxy) is 1. The second-order valence-electron chi connectivity index (χ2n) is 13.3. The summed E-state index contributed by atoms with van der Waals surface area (Å²) in [6, 6.07) is 0. The Bertz CT molecular complexity index is 614. The molecule has 0 saturated heterocycles. The zero-order valence-electron chi connectivity index (χ0n) is 22.4. The van der Waals surface area contributed by atoms with Crippen molar-refractivity contribution in [1.29, 1.82) is 0 Å². The Morgan fingerprint density at radius 3 is 2.42 bits per heavy atom. The Balaban J connectivity index is 1.66.